The number of oxazole rings is 1. The number of benzene rings is 1. The Morgan fingerprint density at radius 3 is 2.65 bits per heavy atom. The number of hydrogen-bond acceptors (Lipinski definition) is 7. The van der Waals surface area contributed by atoms with Gasteiger partial charge in [-0.3, -0.25) is 9.59 Å². The predicted molar refractivity (Wildman–Crippen MR) is 149 cm³/mol. The number of fused-ring (bicyclic) bond motifs is 2. The number of nitrogens with one attached hydrogen (secondary N) is 2. The molecule has 1 aromatic heterocycles. The van der Waals surface area contributed by atoms with Crippen molar-refractivity contribution in [1.82, 2.24) is 15.2 Å². The molecule has 0 spiro atoms. The lowest BCUT2D eigenvalue weighted by Crippen LogP contribution is -2.55. The second-order valence-corrected chi connectivity index (χ2v) is 11.5. The van der Waals surface area contributed by atoms with Crippen LogP contribution in [0, 0.1) is 5.92 Å². The molecule has 5 rings (SSSR count). The SMILES string of the molecule is C=Cc1coc(O[C@@H]2C[C@H]3C(=O)N[C@]4(C(=O)O)C[C@H]4CCCCCCC[C@H](Nc4cccc(C(F)(F)F)c4)C(=O)N3C2)n1. The summed E-state index contributed by atoms with van der Waals surface area (Å²) < 4.78 is 51.3. The molecule has 10 nitrogen and oxygen atoms in total. The topological polar surface area (TPSA) is 134 Å². The summed E-state index contributed by atoms with van der Waals surface area (Å²) in [5.74, 6) is -2.41. The van der Waals surface area contributed by atoms with E-state index >= 15 is 0 Å². The monoisotopic (exact) mass is 604 g/mol. The zero-order valence-electron chi connectivity index (χ0n) is 23.6. The fourth-order valence-electron chi connectivity index (χ4n) is 6.10. The van der Waals surface area contributed by atoms with Crippen molar-refractivity contribution in [2.75, 3.05) is 11.9 Å². The normalized spacial score (nSPS) is 28.5. The molecule has 1 saturated carbocycles. The second kappa shape index (κ2) is 12.3. The molecule has 43 heavy (non-hydrogen) atoms. The maximum Gasteiger partial charge on any atom is 0.416 e. The van der Waals surface area contributed by atoms with Gasteiger partial charge in [0, 0.05) is 12.1 Å². The predicted octanol–water partition coefficient (Wildman–Crippen LogP) is 4.87. The first-order chi connectivity index (χ1) is 20.5. The van der Waals surface area contributed by atoms with E-state index in [0.29, 0.717) is 31.4 Å². The average molecular weight is 605 g/mol. The van der Waals surface area contributed by atoms with Crippen LogP contribution >= 0.6 is 0 Å². The van der Waals surface area contributed by atoms with Crippen LogP contribution in [0.25, 0.3) is 6.08 Å². The summed E-state index contributed by atoms with van der Waals surface area (Å²) >= 11 is 0. The van der Waals surface area contributed by atoms with Crippen LogP contribution in [0.4, 0.5) is 18.9 Å². The Morgan fingerprint density at radius 1 is 1.21 bits per heavy atom. The zero-order valence-corrected chi connectivity index (χ0v) is 23.6. The number of halogens is 3. The standard InChI is InChI=1S/C30H35F3N4O6/c1-2-20-17-42-28(35-20)43-22-14-24-25(38)36-29(27(40)41)15-19(29)9-6-4-3-5-7-12-23(26(39)37(24)16-22)34-21-11-8-10-18(13-21)30(31,32)33/h2,8,10-11,13,17,19,22-24,34H,1,3-7,9,12,14-16H2,(H,36,38)(H,40,41)/t19-,22-,23+,24+,29-/m1/s1. The highest BCUT2D eigenvalue weighted by Gasteiger charge is 2.62. The number of carbonyl (C=O) groups excluding carboxylic acids is 2. The molecule has 5 atom stereocenters. The van der Waals surface area contributed by atoms with E-state index in [4.69, 9.17) is 9.15 Å². The molecule has 0 radical (unpaired) electrons. The van der Waals surface area contributed by atoms with E-state index in [9.17, 15) is 32.7 Å². The van der Waals surface area contributed by atoms with Crippen LogP contribution in [0.2, 0.25) is 0 Å². The van der Waals surface area contributed by atoms with E-state index in [1.807, 2.05) is 0 Å². The molecule has 3 heterocycles. The van der Waals surface area contributed by atoms with Crippen molar-refractivity contribution < 1.29 is 41.8 Å². The number of hydrogen-bond donors (Lipinski definition) is 3. The lowest BCUT2D eigenvalue weighted by Gasteiger charge is -2.30. The number of aliphatic carboxylic acids is 1. The van der Waals surface area contributed by atoms with Crippen molar-refractivity contribution in [1.29, 1.82) is 0 Å². The van der Waals surface area contributed by atoms with E-state index in [1.165, 1.54) is 29.4 Å². The lowest BCUT2D eigenvalue weighted by molar-refractivity contribution is -0.145. The minimum absolute atomic E-state index is 0.0347. The van der Waals surface area contributed by atoms with E-state index in [-0.39, 0.29) is 30.6 Å². The first-order valence-corrected chi connectivity index (χ1v) is 14.5. The van der Waals surface area contributed by atoms with Crippen LogP contribution < -0.4 is 15.4 Å². The Bertz CT molecular complexity index is 1360. The number of amides is 2. The number of alkyl halides is 3. The van der Waals surface area contributed by atoms with Crippen molar-refractivity contribution in [2.45, 2.75) is 87.7 Å². The third-order valence-electron chi connectivity index (χ3n) is 8.53. The van der Waals surface area contributed by atoms with Gasteiger partial charge in [-0.15, -0.1) is 0 Å². The fourth-order valence-corrected chi connectivity index (χ4v) is 6.10. The summed E-state index contributed by atoms with van der Waals surface area (Å²) in [6.07, 6.45) is 2.82. The lowest BCUT2D eigenvalue weighted by atomic mass is 10.0. The molecule has 13 heteroatoms. The van der Waals surface area contributed by atoms with Gasteiger partial charge in [0.2, 0.25) is 11.8 Å². The molecule has 2 saturated heterocycles. The third kappa shape index (κ3) is 6.80. The van der Waals surface area contributed by atoms with Gasteiger partial charge in [0.15, 0.2) is 0 Å². The molecule has 232 valence electrons. The Hall–Kier alpha value is -4.03. The molecular formula is C30H35F3N4O6. The number of rotatable bonds is 6. The summed E-state index contributed by atoms with van der Waals surface area (Å²) in [6.45, 7) is 3.59. The summed E-state index contributed by atoms with van der Waals surface area (Å²) in [4.78, 5) is 45.5. The van der Waals surface area contributed by atoms with Gasteiger partial charge >= 0.3 is 18.2 Å². The molecule has 0 bridgehead atoms. The van der Waals surface area contributed by atoms with E-state index in [1.54, 1.807) is 0 Å². The molecule has 3 aliphatic rings. The van der Waals surface area contributed by atoms with E-state index < -0.39 is 53.2 Å². The van der Waals surface area contributed by atoms with Crippen LogP contribution in [0.3, 0.4) is 0 Å². The molecule has 0 unspecified atom stereocenters. The summed E-state index contributed by atoms with van der Waals surface area (Å²) in [6, 6.07) is 2.63. The number of carbonyl (C=O) groups is 3. The first-order valence-electron chi connectivity index (χ1n) is 14.5. The highest BCUT2D eigenvalue weighted by Crippen LogP contribution is 2.47. The van der Waals surface area contributed by atoms with Crippen LogP contribution in [-0.4, -0.2) is 63.0 Å². The summed E-state index contributed by atoms with van der Waals surface area (Å²) in [7, 11) is 0. The largest absolute Gasteiger partial charge is 0.479 e. The van der Waals surface area contributed by atoms with Crippen LogP contribution in [0.1, 0.15) is 69.0 Å². The van der Waals surface area contributed by atoms with Crippen molar-refractivity contribution in [3.8, 4) is 6.08 Å². The van der Waals surface area contributed by atoms with Crippen molar-refractivity contribution >= 4 is 29.5 Å². The number of carboxylic acid groups (broad SMARTS) is 1. The van der Waals surface area contributed by atoms with Crippen molar-refractivity contribution in [3.63, 3.8) is 0 Å². The average Bonchev–Trinajstić information content (AvgIpc) is 3.27. The van der Waals surface area contributed by atoms with Gasteiger partial charge in [-0.1, -0.05) is 44.7 Å². The zero-order chi connectivity index (χ0) is 30.8. The minimum atomic E-state index is -4.56. The second-order valence-electron chi connectivity index (χ2n) is 11.5. The highest BCUT2D eigenvalue weighted by atomic mass is 19.4. The number of ether oxygens (including phenoxy) is 1. The number of nitrogens with zero attached hydrogens (tertiary/aromatic N) is 2. The van der Waals surface area contributed by atoms with Gasteiger partial charge in [0.05, 0.1) is 12.1 Å². The molecule has 2 aliphatic heterocycles. The van der Waals surface area contributed by atoms with Gasteiger partial charge < -0.3 is 29.8 Å². The molecule has 1 aromatic carbocycles. The Morgan fingerprint density at radius 2 is 1.95 bits per heavy atom. The Kier molecular flexibility index (Phi) is 8.70. The highest BCUT2D eigenvalue weighted by molar-refractivity contribution is 5.95. The maximum absolute atomic E-state index is 14.1. The quantitative estimate of drug-likeness (QED) is 0.425. The Labute approximate surface area is 246 Å². The van der Waals surface area contributed by atoms with Gasteiger partial charge in [-0.2, -0.15) is 18.2 Å². The fraction of sp³-hybridized carbons (Fsp3) is 0.533. The molecule has 2 amide bonds. The summed E-state index contributed by atoms with van der Waals surface area (Å²) in [5, 5.41) is 15.7. The van der Waals surface area contributed by atoms with Crippen molar-refractivity contribution in [3.05, 3.63) is 48.4 Å². The maximum atomic E-state index is 14.1. The van der Waals surface area contributed by atoms with E-state index in [0.717, 1.165) is 37.8 Å². The van der Waals surface area contributed by atoms with Crippen LogP contribution in [0.5, 0.6) is 6.08 Å². The smallest absolute Gasteiger partial charge is 0.416 e. The van der Waals surface area contributed by atoms with Gasteiger partial charge in [0.25, 0.3) is 0 Å². The van der Waals surface area contributed by atoms with E-state index in [2.05, 4.69) is 22.2 Å². The molecule has 3 N–H and O–H groups in total. The van der Waals surface area contributed by atoms with Gasteiger partial charge in [-0.25, -0.2) is 4.79 Å². The third-order valence-corrected chi connectivity index (χ3v) is 8.53. The molecule has 2 aromatic rings. The van der Waals surface area contributed by atoms with Crippen LogP contribution in [-0.2, 0) is 20.6 Å². The molecular weight excluding hydrogens is 569 g/mol. The van der Waals surface area contributed by atoms with Gasteiger partial charge in [0.1, 0.15) is 35.7 Å². The molecule has 3 fully saturated rings. The number of anilines is 1. The summed E-state index contributed by atoms with van der Waals surface area (Å²) in [5.41, 5.74) is -1.68. The van der Waals surface area contributed by atoms with Gasteiger partial charge in [-0.05, 0) is 49.5 Å². The first kappa shape index (κ1) is 30.4. The van der Waals surface area contributed by atoms with Crippen molar-refractivity contribution in [2.24, 2.45) is 5.92 Å². The molecule has 1 aliphatic carbocycles. The Balaban J connectivity index is 1.43. The number of carboxylic acids is 1. The van der Waals surface area contributed by atoms with Crippen LogP contribution in [0.15, 0.2) is 41.5 Å². The minimum Gasteiger partial charge on any atom is -0.479 e. The number of aromatic nitrogens is 1.